The molecule has 0 atom stereocenters. The molecule has 0 unspecified atom stereocenters. The summed E-state index contributed by atoms with van der Waals surface area (Å²) < 4.78 is 23.1. The Hall–Kier alpha value is -1.51. The van der Waals surface area contributed by atoms with Gasteiger partial charge in [0.2, 0.25) is 0 Å². The van der Waals surface area contributed by atoms with Gasteiger partial charge in [-0.15, -0.1) is 0 Å². The summed E-state index contributed by atoms with van der Waals surface area (Å²) in [5.41, 5.74) is 0.887. The SMILES string of the molecule is O=C(NCO[PH](=O)OCNC(=O)c1ccc(Br)cc1)c1ccc(Br)cc1. The van der Waals surface area contributed by atoms with Crippen LogP contribution in [0.2, 0.25) is 0 Å². The molecular weight excluding hydrogens is 491 g/mol. The van der Waals surface area contributed by atoms with Gasteiger partial charge in [-0.1, -0.05) is 31.9 Å². The average molecular weight is 506 g/mol. The highest BCUT2D eigenvalue weighted by Crippen LogP contribution is 2.22. The molecule has 7 nitrogen and oxygen atoms in total. The van der Waals surface area contributed by atoms with Gasteiger partial charge in [0.05, 0.1) is 0 Å². The van der Waals surface area contributed by atoms with E-state index >= 15 is 0 Å². The predicted octanol–water partition coefficient (Wildman–Crippen LogP) is 3.71. The van der Waals surface area contributed by atoms with Crippen LogP contribution in [0.1, 0.15) is 20.7 Å². The Morgan fingerprint density at radius 2 is 1.12 bits per heavy atom. The van der Waals surface area contributed by atoms with Crippen molar-refractivity contribution in [2.24, 2.45) is 0 Å². The number of rotatable bonds is 8. The molecule has 2 aromatic carbocycles. The lowest BCUT2D eigenvalue weighted by Crippen LogP contribution is -2.26. The molecule has 26 heavy (non-hydrogen) atoms. The first-order valence-electron chi connectivity index (χ1n) is 7.33. The standard InChI is InChI=1S/C16H15Br2N2O5P/c17-13-5-1-11(2-6-13)15(21)19-9-24-26(23)25-10-20-16(22)12-3-7-14(18)8-4-12/h1-8,26H,9-10H2,(H,19,21)(H,20,22). The van der Waals surface area contributed by atoms with E-state index in [9.17, 15) is 14.2 Å². The van der Waals surface area contributed by atoms with Gasteiger partial charge >= 0.3 is 8.25 Å². The van der Waals surface area contributed by atoms with E-state index in [2.05, 4.69) is 42.5 Å². The number of benzene rings is 2. The van der Waals surface area contributed by atoms with Crippen molar-refractivity contribution in [3.63, 3.8) is 0 Å². The molecule has 2 aromatic rings. The number of amides is 2. The van der Waals surface area contributed by atoms with E-state index in [-0.39, 0.29) is 25.3 Å². The van der Waals surface area contributed by atoms with Crippen molar-refractivity contribution in [1.29, 1.82) is 0 Å². The van der Waals surface area contributed by atoms with Crippen LogP contribution in [0.5, 0.6) is 0 Å². The van der Waals surface area contributed by atoms with Crippen LogP contribution in [0, 0.1) is 0 Å². The summed E-state index contributed by atoms with van der Waals surface area (Å²) >= 11 is 6.55. The number of nitrogens with one attached hydrogen (secondary N) is 2. The van der Waals surface area contributed by atoms with Crippen molar-refractivity contribution in [1.82, 2.24) is 10.6 Å². The van der Waals surface area contributed by atoms with Crippen molar-refractivity contribution in [2.45, 2.75) is 0 Å². The second-order valence-electron chi connectivity index (χ2n) is 4.85. The van der Waals surface area contributed by atoms with Gasteiger partial charge in [-0.2, -0.15) is 0 Å². The Morgan fingerprint density at radius 3 is 1.46 bits per heavy atom. The van der Waals surface area contributed by atoms with Crippen molar-refractivity contribution in [3.8, 4) is 0 Å². The fourth-order valence-corrected chi connectivity index (χ4v) is 2.76. The van der Waals surface area contributed by atoms with Gasteiger partial charge in [-0.25, -0.2) is 0 Å². The van der Waals surface area contributed by atoms with E-state index in [1.165, 1.54) is 0 Å². The number of halogens is 2. The Balaban J connectivity index is 1.64. The van der Waals surface area contributed by atoms with Crippen LogP contribution in [-0.2, 0) is 13.6 Å². The maximum absolute atomic E-state index is 11.8. The minimum absolute atomic E-state index is 0.270. The van der Waals surface area contributed by atoms with Crippen LogP contribution in [0.3, 0.4) is 0 Å². The van der Waals surface area contributed by atoms with E-state index in [1.807, 2.05) is 0 Å². The fraction of sp³-hybridized carbons (Fsp3) is 0.125. The summed E-state index contributed by atoms with van der Waals surface area (Å²) in [4.78, 5) is 23.6. The van der Waals surface area contributed by atoms with Crippen LogP contribution < -0.4 is 10.6 Å². The third-order valence-corrected chi connectivity index (χ3v) is 4.88. The van der Waals surface area contributed by atoms with Gasteiger partial charge in [0, 0.05) is 20.1 Å². The van der Waals surface area contributed by atoms with Gasteiger partial charge in [0.15, 0.2) is 0 Å². The van der Waals surface area contributed by atoms with E-state index in [0.717, 1.165) is 8.95 Å². The van der Waals surface area contributed by atoms with Crippen molar-refractivity contribution < 1.29 is 23.2 Å². The molecule has 2 amide bonds. The Bertz CT molecular complexity index is 719. The molecule has 0 fully saturated rings. The molecular formula is C16H15Br2N2O5P. The van der Waals surface area contributed by atoms with Gasteiger partial charge in [0.25, 0.3) is 11.8 Å². The van der Waals surface area contributed by atoms with Crippen LogP contribution in [0.15, 0.2) is 57.5 Å². The third kappa shape index (κ3) is 7.01. The minimum Gasteiger partial charge on any atom is -0.329 e. The smallest absolute Gasteiger partial charge is 0.322 e. The summed E-state index contributed by atoms with van der Waals surface area (Å²) in [6.07, 6.45) is 0. The number of hydrogen-bond acceptors (Lipinski definition) is 5. The van der Waals surface area contributed by atoms with E-state index < -0.39 is 8.25 Å². The van der Waals surface area contributed by atoms with Gasteiger partial charge < -0.3 is 10.6 Å². The summed E-state index contributed by atoms with van der Waals surface area (Å²) in [5.74, 6) is -0.730. The van der Waals surface area contributed by atoms with Crippen LogP contribution in [0.25, 0.3) is 0 Å². The highest BCUT2D eigenvalue weighted by molar-refractivity contribution is 9.10. The zero-order valence-corrected chi connectivity index (χ0v) is 17.5. The first-order valence-corrected chi connectivity index (χ1v) is 10.1. The molecule has 0 radical (unpaired) electrons. The highest BCUT2D eigenvalue weighted by atomic mass is 79.9. The maximum atomic E-state index is 11.8. The lowest BCUT2D eigenvalue weighted by Gasteiger charge is -2.08. The highest BCUT2D eigenvalue weighted by Gasteiger charge is 2.08. The molecule has 0 saturated heterocycles. The maximum Gasteiger partial charge on any atom is 0.322 e. The lowest BCUT2D eigenvalue weighted by atomic mass is 10.2. The van der Waals surface area contributed by atoms with Gasteiger partial charge in [-0.05, 0) is 48.5 Å². The van der Waals surface area contributed by atoms with E-state index in [4.69, 9.17) is 9.05 Å². The zero-order valence-electron chi connectivity index (χ0n) is 13.3. The topological polar surface area (TPSA) is 93.7 Å². The minimum atomic E-state index is -2.85. The van der Waals surface area contributed by atoms with E-state index in [0.29, 0.717) is 11.1 Å². The number of carbonyl (C=O) groups is 2. The molecule has 0 bridgehead atoms. The first kappa shape index (κ1) is 20.8. The summed E-state index contributed by atoms with van der Waals surface area (Å²) in [6.45, 7) is -0.541. The Labute approximate surface area is 167 Å². The molecule has 0 aliphatic rings. The fourth-order valence-electron chi connectivity index (χ4n) is 1.77. The molecule has 2 N–H and O–H groups in total. The zero-order chi connectivity index (χ0) is 18.9. The monoisotopic (exact) mass is 504 g/mol. The van der Waals surface area contributed by atoms with Gasteiger partial charge in [0.1, 0.15) is 13.5 Å². The van der Waals surface area contributed by atoms with Gasteiger partial charge in [-0.3, -0.25) is 23.2 Å². The van der Waals surface area contributed by atoms with Crippen molar-refractivity contribution in [3.05, 3.63) is 68.6 Å². The molecule has 0 aliphatic heterocycles. The number of carbonyl (C=O) groups excluding carboxylic acids is 2. The number of hydrogen-bond donors (Lipinski definition) is 2. The molecule has 0 aliphatic carbocycles. The molecule has 10 heteroatoms. The van der Waals surface area contributed by atoms with Crippen molar-refractivity contribution in [2.75, 3.05) is 13.5 Å². The van der Waals surface area contributed by atoms with E-state index in [1.54, 1.807) is 48.5 Å². The first-order chi connectivity index (χ1) is 12.5. The quantitative estimate of drug-likeness (QED) is 0.421. The summed E-state index contributed by atoms with van der Waals surface area (Å²) in [5, 5.41) is 4.91. The molecule has 0 saturated carbocycles. The average Bonchev–Trinajstić information content (AvgIpc) is 2.62. The predicted molar refractivity (Wildman–Crippen MR) is 104 cm³/mol. The lowest BCUT2D eigenvalue weighted by molar-refractivity contribution is 0.0902. The Morgan fingerprint density at radius 1 is 0.769 bits per heavy atom. The third-order valence-electron chi connectivity index (χ3n) is 3.06. The largest absolute Gasteiger partial charge is 0.329 e. The van der Waals surface area contributed by atoms with Crippen molar-refractivity contribution >= 4 is 51.9 Å². The van der Waals surface area contributed by atoms with Crippen LogP contribution >= 0.6 is 40.1 Å². The normalized spacial score (nSPS) is 10.6. The molecule has 0 spiro atoms. The summed E-state index contributed by atoms with van der Waals surface area (Å²) in [7, 11) is -2.85. The Kier molecular flexibility index (Phi) is 8.47. The second kappa shape index (κ2) is 10.6. The molecule has 2 rings (SSSR count). The molecule has 138 valence electrons. The molecule has 0 heterocycles. The van der Waals surface area contributed by atoms with Crippen LogP contribution in [-0.4, -0.2) is 25.3 Å². The second-order valence-corrected chi connectivity index (χ2v) is 7.76. The van der Waals surface area contributed by atoms with Crippen LogP contribution in [0.4, 0.5) is 0 Å². The molecule has 0 aromatic heterocycles. The summed E-state index contributed by atoms with van der Waals surface area (Å²) in [6, 6.07) is 13.5.